The number of benzene rings is 2. The molecule has 0 saturated heterocycles. The molecule has 0 amide bonds. The highest BCUT2D eigenvalue weighted by molar-refractivity contribution is 7.22. The maximum Gasteiger partial charge on any atom is 0.417 e. The fourth-order valence-electron chi connectivity index (χ4n) is 3.40. The van der Waals surface area contributed by atoms with Crippen LogP contribution in [0.15, 0.2) is 61.3 Å². The van der Waals surface area contributed by atoms with E-state index < -0.39 is 22.8 Å². The Morgan fingerprint density at radius 1 is 1.03 bits per heavy atom. The molecule has 0 radical (unpaired) electrons. The molecule has 5 aromatic rings. The van der Waals surface area contributed by atoms with Crippen molar-refractivity contribution in [3.63, 3.8) is 0 Å². The summed E-state index contributed by atoms with van der Waals surface area (Å²) >= 11 is 1.27. The average molecular weight is 409 g/mol. The van der Waals surface area contributed by atoms with E-state index in [-0.39, 0.29) is 5.69 Å². The Hall–Kier alpha value is -3.72. The van der Waals surface area contributed by atoms with Gasteiger partial charge in [-0.3, -0.25) is 14.8 Å². The first-order chi connectivity index (χ1) is 13.9. The fraction of sp³-hybridized carbons (Fsp3) is 0.0500. The molecular weight excluding hydrogens is 397 g/mol. The van der Waals surface area contributed by atoms with Crippen LogP contribution in [0.4, 0.5) is 4.39 Å². The number of halogens is 1. The number of fused-ring (bicyclic) bond motifs is 2. The van der Waals surface area contributed by atoms with Crippen LogP contribution in [0, 0.1) is 12.7 Å². The molecule has 0 atom stereocenters. The lowest BCUT2D eigenvalue weighted by Crippen LogP contribution is -2.33. The Kier molecular flexibility index (Phi) is 3.68. The molecule has 144 valence electrons. The highest BCUT2D eigenvalue weighted by atomic mass is 32.1. The van der Waals surface area contributed by atoms with Crippen LogP contribution in [0.25, 0.3) is 37.4 Å². The van der Waals surface area contributed by atoms with E-state index in [0.717, 1.165) is 15.0 Å². The Balaban J connectivity index is 1.77. The summed E-state index contributed by atoms with van der Waals surface area (Å²) in [4.78, 5) is 43.6. The molecule has 0 bridgehead atoms. The van der Waals surface area contributed by atoms with Crippen LogP contribution in [0.5, 0.6) is 0 Å². The van der Waals surface area contributed by atoms with Crippen LogP contribution in [0.3, 0.4) is 0 Å². The van der Waals surface area contributed by atoms with Crippen LogP contribution < -0.4 is 17.0 Å². The lowest BCUT2D eigenvalue weighted by molar-refractivity contribution is 0.555. The highest BCUT2D eigenvalue weighted by Gasteiger charge is 2.18. The zero-order valence-corrected chi connectivity index (χ0v) is 15.7. The Bertz CT molecular complexity index is 1590. The Labute approximate surface area is 164 Å². The van der Waals surface area contributed by atoms with Crippen molar-refractivity contribution in [2.45, 2.75) is 6.92 Å². The summed E-state index contributed by atoms with van der Waals surface area (Å²) in [6.07, 6.45) is 0. The van der Waals surface area contributed by atoms with Gasteiger partial charge in [0.2, 0.25) is 0 Å². The number of aromatic amines is 2. The topological polar surface area (TPSA) is 101 Å². The average Bonchev–Trinajstić information content (AvgIpc) is 3.21. The number of nitrogens with zero attached hydrogens (tertiary/aromatic N) is 1. The van der Waals surface area contributed by atoms with Crippen LogP contribution in [0.2, 0.25) is 0 Å². The molecule has 0 unspecified atom stereocenters. The molecule has 7 nitrogen and oxygen atoms in total. The normalized spacial score (nSPS) is 11.5. The van der Waals surface area contributed by atoms with E-state index in [9.17, 15) is 18.8 Å². The molecule has 0 saturated carbocycles. The third-order valence-electron chi connectivity index (χ3n) is 4.76. The van der Waals surface area contributed by atoms with E-state index in [4.69, 9.17) is 4.42 Å². The first-order valence-corrected chi connectivity index (χ1v) is 9.41. The van der Waals surface area contributed by atoms with Crippen molar-refractivity contribution in [1.29, 1.82) is 0 Å². The van der Waals surface area contributed by atoms with Crippen molar-refractivity contribution >= 4 is 32.7 Å². The molecule has 0 aliphatic carbocycles. The van der Waals surface area contributed by atoms with Crippen molar-refractivity contribution in [2.24, 2.45) is 0 Å². The molecule has 3 aromatic heterocycles. The molecule has 0 spiro atoms. The zero-order chi connectivity index (χ0) is 20.3. The summed E-state index contributed by atoms with van der Waals surface area (Å²) in [5, 5.41) is 0.379. The fourth-order valence-corrected chi connectivity index (χ4v) is 4.59. The highest BCUT2D eigenvalue weighted by Crippen LogP contribution is 2.36. The monoisotopic (exact) mass is 409 g/mol. The van der Waals surface area contributed by atoms with Crippen molar-refractivity contribution in [3.05, 3.63) is 85.2 Å². The summed E-state index contributed by atoms with van der Waals surface area (Å²) in [5.74, 6) is -1.00. The van der Waals surface area contributed by atoms with Gasteiger partial charge in [0.1, 0.15) is 10.6 Å². The van der Waals surface area contributed by atoms with Gasteiger partial charge in [-0.15, -0.1) is 11.3 Å². The smallest absolute Gasteiger partial charge is 0.408 e. The molecule has 2 aromatic carbocycles. The van der Waals surface area contributed by atoms with Gasteiger partial charge in [-0.25, -0.2) is 18.5 Å². The van der Waals surface area contributed by atoms with E-state index in [1.54, 1.807) is 19.1 Å². The van der Waals surface area contributed by atoms with Crippen LogP contribution in [-0.2, 0) is 0 Å². The van der Waals surface area contributed by atoms with E-state index in [2.05, 4.69) is 9.97 Å². The molecule has 2 N–H and O–H groups in total. The molecule has 0 fully saturated rings. The number of hydrogen-bond donors (Lipinski definition) is 2. The van der Waals surface area contributed by atoms with Gasteiger partial charge in [0.15, 0.2) is 5.58 Å². The Morgan fingerprint density at radius 3 is 2.55 bits per heavy atom. The Morgan fingerprint density at radius 2 is 1.79 bits per heavy atom. The van der Waals surface area contributed by atoms with Gasteiger partial charge >= 0.3 is 11.4 Å². The summed E-state index contributed by atoms with van der Waals surface area (Å²) in [6.45, 7) is 1.79. The second-order valence-corrected chi connectivity index (χ2v) is 7.55. The molecular formula is C20H12FN3O4S. The van der Waals surface area contributed by atoms with Gasteiger partial charge in [0.05, 0.1) is 16.6 Å². The molecule has 29 heavy (non-hydrogen) atoms. The first-order valence-electron chi connectivity index (χ1n) is 8.60. The molecule has 0 aliphatic rings. The minimum absolute atomic E-state index is 0.280. The SMILES string of the molecule is Cc1c(-c2ccc3[nH]c(=O)oc3c2)sc2[nH]c(=O)n(-c3ccc(F)cc3)c(=O)c12. The van der Waals surface area contributed by atoms with Crippen molar-refractivity contribution in [2.75, 3.05) is 0 Å². The zero-order valence-electron chi connectivity index (χ0n) is 14.9. The lowest BCUT2D eigenvalue weighted by Gasteiger charge is -2.05. The molecule has 0 aliphatic heterocycles. The van der Waals surface area contributed by atoms with Crippen molar-refractivity contribution < 1.29 is 8.81 Å². The van der Waals surface area contributed by atoms with Crippen LogP contribution >= 0.6 is 11.3 Å². The lowest BCUT2D eigenvalue weighted by atomic mass is 10.1. The minimum Gasteiger partial charge on any atom is -0.408 e. The molecule has 5 rings (SSSR count). The predicted molar refractivity (Wildman–Crippen MR) is 109 cm³/mol. The quantitative estimate of drug-likeness (QED) is 0.467. The summed E-state index contributed by atoms with van der Waals surface area (Å²) in [5.41, 5.74) is 1.62. The van der Waals surface area contributed by atoms with E-state index in [1.165, 1.54) is 35.6 Å². The van der Waals surface area contributed by atoms with E-state index in [0.29, 0.717) is 26.9 Å². The molecule has 3 heterocycles. The number of thiophene rings is 1. The summed E-state index contributed by atoms with van der Waals surface area (Å²) in [6, 6.07) is 10.4. The number of H-pyrrole nitrogens is 2. The third-order valence-corrected chi connectivity index (χ3v) is 6.01. The largest absolute Gasteiger partial charge is 0.417 e. The number of hydrogen-bond acceptors (Lipinski definition) is 5. The van der Waals surface area contributed by atoms with Crippen LogP contribution in [0.1, 0.15) is 5.56 Å². The summed E-state index contributed by atoms with van der Waals surface area (Å²) < 4.78 is 19.3. The molecule has 9 heteroatoms. The van der Waals surface area contributed by atoms with Crippen LogP contribution in [-0.4, -0.2) is 14.5 Å². The van der Waals surface area contributed by atoms with Gasteiger partial charge in [0, 0.05) is 4.88 Å². The first kappa shape index (κ1) is 17.4. The third kappa shape index (κ3) is 2.66. The number of oxazole rings is 1. The maximum absolute atomic E-state index is 13.2. The number of aryl methyl sites for hydroxylation is 1. The second kappa shape index (κ2) is 6.14. The number of rotatable bonds is 2. The van der Waals surface area contributed by atoms with E-state index >= 15 is 0 Å². The summed E-state index contributed by atoms with van der Waals surface area (Å²) in [7, 11) is 0. The van der Waals surface area contributed by atoms with Crippen molar-refractivity contribution in [1.82, 2.24) is 14.5 Å². The number of nitrogens with one attached hydrogen (secondary N) is 2. The predicted octanol–water partition coefficient (Wildman–Crippen LogP) is 3.29. The van der Waals surface area contributed by atoms with Gasteiger partial charge in [-0.05, 0) is 54.4 Å². The second-order valence-electron chi connectivity index (χ2n) is 6.53. The maximum atomic E-state index is 13.2. The van der Waals surface area contributed by atoms with Gasteiger partial charge < -0.3 is 4.42 Å². The number of aromatic nitrogens is 3. The van der Waals surface area contributed by atoms with Gasteiger partial charge in [-0.2, -0.15) is 0 Å². The minimum atomic E-state index is -0.603. The van der Waals surface area contributed by atoms with Crippen molar-refractivity contribution in [3.8, 4) is 16.1 Å². The van der Waals surface area contributed by atoms with E-state index in [1.807, 2.05) is 6.07 Å². The standard InChI is InChI=1S/C20H12FN3O4S/c1-9-15-17(23-19(26)24(18(15)25)12-5-3-11(21)4-6-12)29-16(9)10-2-7-13-14(8-10)28-20(27)22-13/h2-8H,1H3,(H,22,27)(H,23,26). The van der Waals surface area contributed by atoms with Gasteiger partial charge in [0.25, 0.3) is 5.56 Å². The van der Waals surface area contributed by atoms with Gasteiger partial charge in [-0.1, -0.05) is 6.07 Å².